The van der Waals surface area contributed by atoms with Gasteiger partial charge in [-0.2, -0.15) is 0 Å². The van der Waals surface area contributed by atoms with Crippen molar-refractivity contribution in [1.82, 2.24) is 15.3 Å². The minimum atomic E-state index is -0.482. The SMILES string of the molecule is NC(CNC(=O)C1(c2ccc(Cl)cc2)CC1)c1ccc(C(=O)Nc2ccnc3[nH]ccc23)cc1. The van der Waals surface area contributed by atoms with Crippen molar-refractivity contribution in [2.24, 2.45) is 5.73 Å². The standard InChI is InChI=1S/C26H24ClN5O2/c27-19-7-5-18(6-8-19)26(11-12-26)25(34)31-15-21(28)16-1-3-17(4-2-16)24(33)32-22-10-14-30-23-20(22)9-13-29-23/h1-10,13-14,21H,11-12,15,28H2,(H,31,34)(H2,29,30,32,33). The maximum absolute atomic E-state index is 12.9. The molecule has 5 rings (SSSR count). The maximum Gasteiger partial charge on any atom is 0.255 e. The van der Waals surface area contributed by atoms with Gasteiger partial charge in [-0.15, -0.1) is 0 Å². The average molecular weight is 474 g/mol. The Labute approximate surface area is 201 Å². The summed E-state index contributed by atoms with van der Waals surface area (Å²) in [5.41, 5.74) is 9.57. The van der Waals surface area contributed by atoms with Crippen molar-refractivity contribution in [3.05, 3.63) is 94.8 Å². The van der Waals surface area contributed by atoms with Gasteiger partial charge in [-0.3, -0.25) is 9.59 Å². The highest BCUT2D eigenvalue weighted by Crippen LogP contribution is 2.48. The highest BCUT2D eigenvalue weighted by molar-refractivity contribution is 6.30. The van der Waals surface area contributed by atoms with Crippen molar-refractivity contribution in [3.63, 3.8) is 0 Å². The molecule has 0 bridgehead atoms. The fourth-order valence-corrected chi connectivity index (χ4v) is 4.30. The number of pyridine rings is 1. The number of aromatic nitrogens is 2. The number of carbonyl (C=O) groups excluding carboxylic acids is 2. The molecular weight excluding hydrogens is 450 g/mol. The number of carbonyl (C=O) groups is 2. The maximum atomic E-state index is 12.9. The number of anilines is 1. The Morgan fingerprint density at radius 2 is 1.79 bits per heavy atom. The lowest BCUT2D eigenvalue weighted by atomic mass is 9.95. The van der Waals surface area contributed by atoms with Crippen LogP contribution in [0.2, 0.25) is 5.02 Å². The molecule has 8 heteroatoms. The molecule has 34 heavy (non-hydrogen) atoms. The van der Waals surface area contributed by atoms with E-state index in [1.54, 1.807) is 30.6 Å². The molecule has 2 heterocycles. The first-order valence-corrected chi connectivity index (χ1v) is 11.5. The van der Waals surface area contributed by atoms with E-state index >= 15 is 0 Å². The van der Waals surface area contributed by atoms with Crippen LogP contribution in [0.1, 0.15) is 40.4 Å². The number of hydrogen-bond acceptors (Lipinski definition) is 4. The van der Waals surface area contributed by atoms with Crippen molar-refractivity contribution >= 4 is 40.1 Å². The van der Waals surface area contributed by atoms with Crippen LogP contribution >= 0.6 is 11.6 Å². The summed E-state index contributed by atoms with van der Waals surface area (Å²) >= 11 is 5.98. The molecule has 1 unspecified atom stereocenters. The zero-order valence-electron chi connectivity index (χ0n) is 18.3. The number of nitrogens with one attached hydrogen (secondary N) is 3. The molecule has 1 fully saturated rings. The molecule has 0 saturated heterocycles. The van der Waals surface area contributed by atoms with Crippen LogP contribution in [0.25, 0.3) is 11.0 Å². The lowest BCUT2D eigenvalue weighted by molar-refractivity contribution is -0.123. The van der Waals surface area contributed by atoms with Crippen LogP contribution in [0.3, 0.4) is 0 Å². The van der Waals surface area contributed by atoms with Gasteiger partial charge in [-0.1, -0.05) is 35.9 Å². The van der Waals surface area contributed by atoms with Gasteiger partial charge in [0.2, 0.25) is 5.91 Å². The lowest BCUT2D eigenvalue weighted by Crippen LogP contribution is -2.38. The Bertz CT molecular complexity index is 1340. The molecule has 1 aliphatic carbocycles. The van der Waals surface area contributed by atoms with Crippen LogP contribution in [-0.2, 0) is 10.2 Å². The van der Waals surface area contributed by atoms with Gasteiger partial charge < -0.3 is 21.4 Å². The van der Waals surface area contributed by atoms with Gasteiger partial charge in [0.15, 0.2) is 0 Å². The summed E-state index contributed by atoms with van der Waals surface area (Å²) in [5.74, 6) is -0.240. The smallest absolute Gasteiger partial charge is 0.255 e. The van der Waals surface area contributed by atoms with Gasteiger partial charge >= 0.3 is 0 Å². The number of hydrogen-bond donors (Lipinski definition) is 4. The van der Waals surface area contributed by atoms with E-state index in [9.17, 15) is 9.59 Å². The van der Waals surface area contributed by atoms with Crippen molar-refractivity contribution in [3.8, 4) is 0 Å². The van der Waals surface area contributed by atoms with Crippen LogP contribution in [0, 0.1) is 0 Å². The fourth-order valence-electron chi connectivity index (χ4n) is 4.18. The normalized spacial score (nSPS) is 15.0. The van der Waals surface area contributed by atoms with E-state index in [1.165, 1.54) is 0 Å². The summed E-state index contributed by atoms with van der Waals surface area (Å²) in [6.45, 7) is 0.308. The molecule has 172 valence electrons. The molecule has 2 aromatic carbocycles. The molecule has 2 amide bonds. The van der Waals surface area contributed by atoms with Gasteiger partial charge in [0.1, 0.15) is 5.65 Å². The molecule has 1 aliphatic rings. The second-order valence-corrected chi connectivity index (χ2v) is 9.02. The minimum absolute atomic E-state index is 0.0188. The summed E-state index contributed by atoms with van der Waals surface area (Å²) in [6.07, 6.45) is 5.05. The van der Waals surface area contributed by atoms with Crippen LogP contribution in [0.5, 0.6) is 0 Å². The highest BCUT2D eigenvalue weighted by Gasteiger charge is 2.51. The fraction of sp³-hybridized carbons (Fsp3) is 0.192. The van der Waals surface area contributed by atoms with E-state index in [4.69, 9.17) is 17.3 Å². The van der Waals surface area contributed by atoms with Gasteiger partial charge in [0, 0.05) is 41.0 Å². The van der Waals surface area contributed by atoms with Crippen LogP contribution < -0.4 is 16.4 Å². The Balaban J connectivity index is 1.20. The molecule has 4 aromatic rings. The minimum Gasteiger partial charge on any atom is -0.353 e. The number of nitrogens with two attached hydrogens (primary N) is 1. The second-order valence-electron chi connectivity index (χ2n) is 8.58. The van der Waals surface area contributed by atoms with E-state index in [0.717, 1.165) is 29.4 Å². The number of rotatable bonds is 7. The van der Waals surface area contributed by atoms with Crippen molar-refractivity contribution < 1.29 is 9.59 Å². The van der Waals surface area contributed by atoms with Gasteiger partial charge in [-0.05, 0) is 60.4 Å². The molecule has 2 aromatic heterocycles. The molecule has 7 nitrogen and oxygen atoms in total. The van der Waals surface area contributed by atoms with E-state index in [1.807, 2.05) is 42.5 Å². The summed E-state index contributed by atoms with van der Waals surface area (Å²) < 4.78 is 0. The van der Waals surface area contributed by atoms with E-state index in [2.05, 4.69) is 20.6 Å². The number of benzene rings is 2. The van der Waals surface area contributed by atoms with E-state index in [-0.39, 0.29) is 17.9 Å². The monoisotopic (exact) mass is 473 g/mol. The molecule has 5 N–H and O–H groups in total. The third kappa shape index (κ3) is 4.27. The molecule has 1 atom stereocenters. The van der Waals surface area contributed by atoms with Crippen LogP contribution in [0.15, 0.2) is 73.1 Å². The third-order valence-corrected chi connectivity index (χ3v) is 6.63. The van der Waals surface area contributed by atoms with Crippen molar-refractivity contribution in [2.75, 3.05) is 11.9 Å². The number of H-pyrrole nitrogens is 1. The Kier molecular flexibility index (Phi) is 5.81. The Morgan fingerprint density at radius 1 is 1.06 bits per heavy atom. The zero-order chi connectivity index (χ0) is 23.7. The van der Waals surface area contributed by atoms with Crippen molar-refractivity contribution in [2.45, 2.75) is 24.3 Å². The predicted molar refractivity (Wildman–Crippen MR) is 133 cm³/mol. The topological polar surface area (TPSA) is 113 Å². The third-order valence-electron chi connectivity index (χ3n) is 6.37. The van der Waals surface area contributed by atoms with E-state index in [0.29, 0.717) is 28.5 Å². The molecular formula is C26H24ClN5O2. The summed E-state index contributed by atoms with van der Waals surface area (Å²) in [4.78, 5) is 32.8. The second kappa shape index (κ2) is 8.93. The first-order valence-electron chi connectivity index (χ1n) is 11.1. The predicted octanol–water partition coefficient (Wildman–Crippen LogP) is 4.32. The summed E-state index contributed by atoms with van der Waals surface area (Å²) in [5, 5.41) is 7.41. The lowest BCUT2D eigenvalue weighted by Gasteiger charge is -2.19. The van der Waals surface area contributed by atoms with Gasteiger partial charge in [0.25, 0.3) is 5.91 Å². The summed E-state index contributed by atoms with van der Waals surface area (Å²) in [6, 6.07) is 17.8. The summed E-state index contributed by atoms with van der Waals surface area (Å²) in [7, 11) is 0. The van der Waals surface area contributed by atoms with Crippen molar-refractivity contribution in [1.29, 1.82) is 0 Å². The average Bonchev–Trinajstić information content (AvgIpc) is 3.52. The van der Waals surface area contributed by atoms with Crippen LogP contribution in [-0.4, -0.2) is 28.3 Å². The number of amides is 2. The van der Waals surface area contributed by atoms with Crippen LogP contribution in [0.4, 0.5) is 5.69 Å². The highest BCUT2D eigenvalue weighted by atomic mass is 35.5. The molecule has 1 saturated carbocycles. The Hall–Kier alpha value is -3.68. The molecule has 0 spiro atoms. The first-order chi connectivity index (χ1) is 16.5. The number of halogens is 1. The number of aromatic amines is 1. The number of fused-ring (bicyclic) bond motifs is 1. The first kappa shape index (κ1) is 22.1. The molecule has 0 aliphatic heterocycles. The Morgan fingerprint density at radius 3 is 2.50 bits per heavy atom. The quantitative estimate of drug-likeness (QED) is 0.320. The number of nitrogens with zero attached hydrogens (tertiary/aromatic N) is 1. The van der Waals surface area contributed by atoms with E-state index < -0.39 is 5.41 Å². The van der Waals surface area contributed by atoms with Gasteiger partial charge in [0.05, 0.1) is 11.1 Å². The zero-order valence-corrected chi connectivity index (χ0v) is 19.1. The molecule has 0 radical (unpaired) electrons. The largest absolute Gasteiger partial charge is 0.353 e. The van der Waals surface area contributed by atoms with Gasteiger partial charge in [-0.25, -0.2) is 4.98 Å².